The predicted molar refractivity (Wildman–Crippen MR) is 52.1 cm³/mol. The fourth-order valence-electron chi connectivity index (χ4n) is 1.27. The minimum absolute atomic E-state index is 0.103. The average molecular weight is 189 g/mol. The highest BCUT2D eigenvalue weighted by Gasteiger charge is 2.31. The minimum atomic E-state index is -0.152. The van der Waals surface area contributed by atoms with Crippen LogP contribution in [0.3, 0.4) is 0 Å². The van der Waals surface area contributed by atoms with Crippen molar-refractivity contribution in [3.05, 3.63) is 0 Å². The summed E-state index contributed by atoms with van der Waals surface area (Å²) in [5, 5.41) is 0. The first kappa shape index (κ1) is 12.4. The number of carbonyl (C=O) groups excluding carboxylic acids is 1. The highest BCUT2D eigenvalue weighted by molar-refractivity contribution is 5.74. The number of esters is 1. The number of likely N-dealkylation sites (N-methyl/N-ethyl adjacent to an activating group) is 1. The number of carbonyl (C=O) groups is 1. The molecule has 1 atom stereocenters. The second-order valence-electron chi connectivity index (χ2n) is 4.09. The molecule has 0 saturated heterocycles. The maximum absolute atomic E-state index is 11.4. The minimum Gasteiger partial charge on any atom is -0.465 e. The summed E-state index contributed by atoms with van der Waals surface area (Å²) in [5.41, 5.74) is 5.40. The summed E-state index contributed by atoms with van der Waals surface area (Å²) in [6.45, 7) is 0.619. The molecule has 0 aromatic heterocycles. The first-order valence-corrected chi connectivity index (χ1v) is 4.52. The summed E-state index contributed by atoms with van der Waals surface area (Å²) in [5.74, 6) is -0.152. The summed E-state index contributed by atoms with van der Waals surface area (Å²) in [7, 11) is 7.38. The lowest BCUT2D eigenvalue weighted by Gasteiger charge is -2.31. The molecule has 0 fully saturated rings. The van der Waals surface area contributed by atoms with Gasteiger partial charge in [-0.25, -0.2) is 4.79 Å². The quantitative estimate of drug-likeness (QED) is 0.488. The molecule has 0 aromatic rings. The predicted octanol–water partition coefficient (Wildman–Crippen LogP) is -0.0269. The molecule has 0 spiro atoms. The van der Waals surface area contributed by atoms with Crippen molar-refractivity contribution >= 4 is 5.97 Å². The van der Waals surface area contributed by atoms with Crippen molar-refractivity contribution in [1.29, 1.82) is 0 Å². The SMILES string of the molecule is COC(=O)[C@H](CCCN)[N+](C)(C)C. The first-order chi connectivity index (χ1) is 5.93. The summed E-state index contributed by atoms with van der Waals surface area (Å²) in [6.07, 6.45) is 1.64. The Balaban J connectivity index is 4.28. The van der Waals surface area contributed by atoms with Crippen LogP contribution in [0.1, 0.15) is 12.8 Å². The largest absolute Gasteiger partial charge is 0.465 e. The zero-order valence-corrected chi connectivity index (χ0v) is 9.04. The van der Waals surface area contributed by atoms with Crippen molar-refractivity contribution < 1.29 is 14.0 Å². The molecule has 4 nitrogen and oxygen atoms in total. The van der Waals surface area contributed by atoms with Crippen molar-refractivity contribution in [3.63, 3.8) is 0 Å². The van der Waals surface area contributed by atoms with Crippen LogP contribution < -0.4 is 5.73 Å². The smallest absolute Gasteiger partial charge is 0.364 e. The highest BCUT2D eigenvalue weighted by atomic mass is 16.5. The van der Waals surface area contributed by atoms with E-state index in [1.165, 1.54) is 7.11 Å². The fraction of sp³-hybridized carbons (Fsp3) is 0.889. The molecule has 0 heterocycles. The molecule has 0 rings (SSSR count). The molecule has 0 aliphatic carbocycles. The van der Waals surface area contributed by atoms with Crippen LogP contribution in [0.15, 0.2) is 0 Å². The van der Waals surface area contributed by atoms with Gasteiger partial charge < -0.3 is 15.0 Å². The maximum Gasteiger partial charge on any atom is 0.364 e. The van der Waals surface area contributed by atoms with Crippen molar-refractivity contribution in [1.82, 2.24) is 0 Å². The number of nitrogens with two attached hydrogens (primary N) is 1. The summed E-state index contributed by atoms with van der Waals surface area (Å²) >= 11 is 0. The van der Waals surface area contributed by atoms with Gasteiger partial charge in [-0.15, -0.1) is 0 Å². The molecule has 0 aromatic carbocycles. The maximum atomic E-state index is 11.4. The van der Waals surface area contributed by atoms with Gasteiger partial charge in [0.1, 0.15) is 0 Å². The number of rotatable bonds is 5. The molecular weight excluding hydrogens is 168 g/mol. The molecule has 0 radical (unpaired) electrons. The first-order valence-electron chi connectivity index (χ1n) is 4.52. The van der Waals surface area contributed by atoms with Crippen molar-refractivity contribution in [2.45, 2.75) is 18.9 Å². The van der Waals surface area contributed by atoms with Crippen molar-refractivity contribution in [2.24, 2.45) is 5.73 Å². The van der Waals surface area contributed by atoms with E-state index < -0.39 is 0 Å². The molecule has 2 N–H and O–H groups in total. The topological polar surface area (TPSA) is 52.3 Å². The third kappa shape index (κ3) is 4.24. The Kier molecular flexibility index (Phi) is 4.95. The number of hydrogen-bond donors (Lipinski definition) is 1. The molecule has 0 saturated carbocycles. The van der Waals surface area contributed by atoms with Crippen LogP contribution in [0.4, 0.5) is 0 Å². The van der Waals surface area contributed by atoms with Gasteiger partial charge in [0.05, 0.1) is 28.3 Å². The molecule has 0 aliphatic heterocycles. The van der Waals surface area contributed by atoms with Crippen LogP contribution in [0.2, 0.25) is 0 Å². The lowest BCUT2D eigenvalue weighted by Crippen LogP contribution is -2.50. The van der Waals surface area contributed by atoms with Gasteiger partial charge >= 0.3 is 5.97 Å². The van der Waals surface area contributed by atoms with Gasteiger partial charge in [0.15, 0.2) is 6.04 Å². The Morgan fingerprint density at radius 3 is 2.31 bits per heavy atom. The average Bonchev–Trinajstić information content (AvgIpc) is 2.02. The summed E-state index contributed by atoms with van der Waals surface area (Å²) in [6, 6.07) is -0.103. The van der Waals surface area contributed by atoms with Gasteiger partial charge in [-0.05, 0) is 13.0 Å². The Labute approximate surface area is 80.2 Å². The lowest BCUT2D eigenvalue weighted by molar-refractivity contribution is -0.887. The molecule has 0 aliphatic rings. The molecular formula is C9H21N2O2+. The van der Waals surface area contributed by atoms with E-state index >= 15 is 0 Å². The Bertz CT molecular complexity index is 163. The molecule has 4 heteroatoms. The van der Waals surface area contributed by atoms with Gasteiger partial charge in [-0.2, -0.15) is 0 Å². The Morgan fingerprint density at radius 2 is 2.00 bits per heavy atom. The number of ether oxygens (including phenoxy) is 1. The van der Waals surface area contributed by atoms with E-state index in [1.54, 1.807) is 0 Å². The summed E-state index contributed by atoms with van der Waals surface area (Å²) < 4.78 is 5.33. The second-order valence-corrected chi connectivity index (χ2v) is 4.09. The van der Waals surface area contributed by atoms with Crippen molar-refractivity contribution in [2.75, 3.05) is 34.8 Å². The van der Waals surface area contributed by atoms with Gasteiger partial charge in [0.25, 0.3) is 0 Å². The van der Waals surface area contributed by atoms with Gasteiger partial charge in [-0.3, -0.25) is 0 Å². The third-order valence-electron chi connectivity index (χ3n) is 2.09. The monoisotopic (exact) mass is 189 g/mol. The van der Waals surface area contributed by atoms with Gasteiger partial charge in [0.2, 0.25) is 0 Å². The zero-order valence-electron chi connectivity index (χ0n) is 9.04. The number of hydrogen-bond acceptors (Lipinski definition) is 3. The van der Waals surface area contributed by atoms with Gasteiger partial charge in [-0.1, -0.05) is 0 Å². The van der Waals surface area contributed by atoms with E-state index in [2.05, 4.69) is 0 Å². The Morgan fingerprint density at radius 1 is 1.46 bits per heavy atom. The zero-order chi connectivity index (χ0) is 10.5. The van der Waals surface area contributed by atoms with Crippen LogP contribution in [-0.2, 0) is 9.53 Å². The lowest BCUT2D eigenvalue weighted by atomic mass is 10.1. The van der Waals surface area contributed by atoms with Crippen LogP contribution in [-0.4, -0.2) is 51.3 Å². The Hall–Kier alpha value is -0.610. The normalized spacial score (nSPS) is 13.9. The number of methoxy groups -OCH3 is 1. The highest BCUT2D eigenvalue weighted by Crippen LogP contribution is 2.11. The van der Waals surface area contributed by atoms with E-state index in [-0.39, 0.29) is 12.0 Å². The molecule has 0 amide bonds. The van der Waals surface area contributed by atoms with E-state index in [4.69, 9.17) is 10.5 Å². The van der Waals surface area contributed by atoms with Crippen LogP contribution in [0.25, 0.3) is 0 Å². The van der Waals surface area contributed by atoms with Gasteiger partial charge in [0, 0.05) is 6.42 Å². The van der Waals surface area contributed by atoms with E-state index in [0.717, 1.165) is 12.8 Å². The van der Waals surface area contributed by atoms with Crippen LogP contribution in [0.5, 0.6) is 0 Å². The van der Waals surface area contributed by atoms with E-state index in [9.17, 15) is 4.79 Å². The van der Waals surface area contributed by atoms with E-state index in [1.807, 2.05) is 21.1 Å². The molecule has 0 unspecified atom stereocenters. The number of nitrogens with zero attached hydrogens (tertiary/aromatic N) is 1. The van der Waals surface area contributed by atoms with E-state index in [0.29, 0.717) is 11.0 Å². The number of quaternary nitrogens is 1. The molecule has 78 valence electrons. The van der Waals surface area contributed by atoms with Crippen molar-refractivity contribution in [3.8, 4) is 0 Å². The van der Waals surface area contributed by atoms with Crippen LogP contribution in [0, 0.1) is 0 Å². The fourth-order valence-corrected chi connectivity index (χ4v) is 1.27. The molecule has 13 heavy (non-hydrogen) atoms. The second kappa shape index (κ2) is 5.19. The standard InChI is InChI=1S/C9H21N2O2/c1-11(2,3)8(6-5-7-10)9(12)13-4/h8H,5-7,10H2,1-4H3/q+1/t8-/m0/s1. The molecule has 0 bridgehead atoms. The third-order valence-corrected chi connectivity index (χ3v) is 2.09. The van der Waals surface area contributed by atoms with Crippen LogP contribution >= 0.6 is 0 Å². The summed E-state index contributed by atoms with van der Waals surface area (Å²) in [4.78, 5) is 11.4.